The quantitative estimate of drug-likeness (QED) is 0.622. The van der Waals surface area contributed by atoms with E-state index in [9.17, 15) is 0 Å². The number of anilines is 2. The molecule has 6 nitrogen and oxygen atoms in total. The van der Waals surface area contributed by atoms with Gasteiger partial charge in [0.2, 0.25) is 5.89 Å². The van der Waals surface area contributed by atoms with Crippen LogP contribution in [-0.4, -0.2) is 19.9 Å². The minimum absolute atomic E-state index is 0.558. The molecule has 0 aliphatic rings. The SMILES string of the molecule is c1cncc(-c2nc3cc(Nc4ccncn4)ccc3o2)c1. The van der Waals surface area contributed by atoms with Gasteiger partial charge in [0.1, 0.15) is 17.7 Å². The van der Waals surface area contributed by atoms with Crippen molar-refractivity contribution in [1.29, 1.82) is 0 Å². The molecule has 22 heavy (non-hydrogen) atoms. The van der Waals surface area contributed by atoms with E-state index in [4.69, 9.17) is 4.42 Å². The number of hydrogen-bond acceptors (Lipinski definition) is 6. The Kier molecular flexibility index (Phi) is 2.97. The van der Waals surface area contributed by atoms with E-state index in [0.29, 0.717) is 5.89 Å². The highest BCUT2D eigenvalue weighted by Gasteiger charge is 2.09. The first-order valence-electron chi connectivity index (χ1n) is 6.72. The number of rotatable bonds is 3. The van der Waals surface area contributed by atoms with Gasteiger partial charge in [-0.15, -0.1) is 0 Å². The lowest BCUT2D eigenvalue weighted by Crippen LogP contribution is -1.92. The maximum Gasteiger partial charge on any atom is 0.228 e. The van der Waals surface area contributed by atoms with Crippen molar-refractivity contribution in [3.63, 3.8) is 0 Å². The first-order valence-corrected chi connectivity index (χ1v) is 6.72. The van der Waals surface area contributed by atoms with Gasteiger partial charge in [-0.05, 0) is 36.4 Å². The van der Waals surface area contributed by atoms with Crippen molar-refractivity contribution >= 4 is 22.6 Å². The maximum absolute atomic E-state index is 5.75. The summed E-state index contributed by atoms with van der Waals surface area (Å²) in [6.45, 7) is 0. The average Bonchev–Trinajstić information content (AvgIpc) is 3.00. The summed E-state index contributed by atoms with van der Waals surface area (Å²) >= 11 is 0. The van der Waals surface area contributed by atoms with Gasteiger partial charge in [0.25, 0.3) is 0 Å². The molecule has 0 unspecified atom stereocenters. The molecule has 1 aromatic carbocycles. The summed E-state index contributed by atoms with van der Waals surface area (Å²) < 4.78 is 5.75. The molecular weight excluding hydrogens is 278 g/mol. The average molecular weight is 289 g/mol. The van der Waals surface area contributed by atoms with E-state index in [1.54, 1.807) is 24.7 Å². The van der Waals surface area contributed by atoms with Gasteiger partial charge in [0.15, 0.2) is 5.58 Å². The molecule has 0 saturated heterocycles. The Bertz CT molecular complexity index is 906. The molecule has 0 aliphatic heterocycles. The first-order chi connectivity index (χ1) is 10.9. The van der Waals surface area contributed by atoms with Gasteiger partial charge in [-0.3, -0.25) is 4.98 Å². The van der Waals surface area contributed by atoms with Crippen molar-refractivity contribution < 1.29 is 4.42 Å². The van der Waals surface area contributed by atoms with Crippen LogP contribution < -0.4 is 5.32 Å². The van der Waals surface area contributed by atoms with Crippen LogP contribution in [0.4, 0.5) is 11.5 Å². The van der Waals surface area contributed by atoms with Crippen LogP contribution in [0.15, 0.2) is 65.7 Å². The molecule has 0 atom stereocenters. The first kappa shape index (κ1) is 12.5. The lowest BCUT2D eigenvalue weighted by atomic mass is 10.3. The van der Waals surface area contributed by atoms with Crippen LogP contribution in [0.5, 0.6) is 0 Å². The van der Waals surface area contributed by atoms with Gasteiger partial charge in [-0.2, -0.15) is 0 Å². The summed E-state index contributed by atoms with van der Waals surface area (Å²) in [5.74, 6) is 1.28. The molecular formula is C16H11N5O. The molecule has 6 heteroatoms. The Morgan fingerprint density at radius 2 is 2.00 bits per heavy atom. The van der Waals surface area contributed by atoms with E-state index in [1.807, 2.05) is 30.3 Å². The van der Waals surface area contributed by atoms with Crippen LogP contribution in [0.25, 0.3) is 22.6 Å². The standard InChI is InChI=1S/C16H11N5O/c1-2-11(9-17-6-1)16-21-13-8-12(3-4-14(13)22-16)20-15-5-7-18-10-19-15/h1-10H,(H,18,19,20). The number of nitrogens with zero attached hydrogens (tertiary/aromatic N) is 4. The minimum atomic E-state index is 0.558. The van der Waals surface area contributed by atoms with E-state index in [0.717, 1.165) is 28.2 Å². The number of oxazole rings is 1. The fourth-order valence-corrected chi connectivity index (χ4v) is 2.13. The second-order valence-corrected chi connectivity index (χ2v) is 4.66. The van der Waals surface area contributed by atoms with Crippen LogP contribution >= 0.6 is 0 Å². The molecule has 0 aliphatic carbocycles. The highest BCUT2D eigenvalue weighted by molar-refractivity contribution is 5.80. The lowest BCUT2D eigenvalue weighted by Gasteiger charge is -2.03. The highest BCUT2D eigenvalue weighted by Crippen LogP contribution is 2.26. The third-order valence-corrected chi connectivity index (χ3v) is 3.15. The highest BCUT2D eigenvalue weighted by atomic mass is 16.3. The van der Waals surface area contributed by atoms with E-state index >= 15 is 0 Å². The molecule has 0 bridgehead atoms. The number of hydrogen-bond donors (Lipinski definition) is 1. The predicted octanol–water partition coefficient (Wildman–Crippen LogP) is 3.42. The van der Waals surface area contributed by atoms with Crippen LogP contribution in [0.2, 0.25) is 0 Å². The normalized spacial score (nSPS) is 10.7. The topological polar surface area (TPSA) is 76.7 Å². The monoisotopic (exact) mass is 289 g/mol. The number of nitrogens with one attached hydrogen (secondary N) is 1. The smallest absolute Gasteiger partial charge is 0.228 e. The van der Waals surface area contributed by atoms with E-state index in [2.05, 4.69) is 25.3 Å². The van der Waals surface area contributed by atoms with Crippen molar-refractivity contribution in [2.75, 3.05) is 5.32 Å². The summed E-state index contributed by atoms with van der Waals surface area (Å²) in [5, 5.41) is 3.20. The zero-order valence-electron chi connectivity index (χ0n) is 11.5. The molecule has 0 spiro atoms. The number of pyridine rings is 1. The molecule has 0 fully saturated rings. The largest absolute Gasteiger partial charge is 0.436 e. The zero-order valence-corrected chi connectivity index (χ0v) is 11.5. The second kappa shape index (κ2) is 5.25. The van der Waals surface area contributed by atoms with Gasteiger partial charge >= 0.3 is 0 Å². The van der Waals surface area contributed by atoms with Gasteiger partial charge in [0, 0.05) is 24.3 Å². The molecule has 0 radical (unpaired) electrons. The predicted molar refractivity (Wildman–Crippen MR) is 82.6 cm³/mol. The maximum atomic E-state index is 5.75. The van der Waals surface area contributed by atoms with Gasteiger partial charge in [-0.1, -0.05) is 0 Å². The Morgan fingerprint density at radius 3 is 2.82 bits per heavy atom. The van der Waals surface area contributed by atoms with Gasteiger partial charge in [0.05, 0.1) is 5.56 Å². The van der Waals surface area contributed by atoms with Crippen LogP contribution in [0.1, 0.15) is 0 Å². The number of fused-ring (bicyclic) bond motifs is 1. The molecule has 1 N–H and O–H groups in total. The summed E-state index contributed by atoms with van der Waals surface area (Å²) in [4.78, 5) is 16.6. The van der Waals surface area contributed by atoms with Crippen molar-refractivity contribution in [2.45, 2.75) is 0 Å². The van der Waals surface area contributed by atoms with Crippen LogP contribution in [0.3, 0.4) is 0 Å². The third-order valence-electron chi connectivity index (χ3n) is 3.15. The van der Waals surface area contributed by atoms with Gasteiger partial charge in [-0.25, -0.2) is 15.0 Å². The van der Waals surface area contributed by atoms with Crippen LogP contribution in [0, 0.1) is 0 Å². The molecule has 3 heterocycles. The second-order valence-electron chi connectivity index (χ2n) is 4.66. The molecule has 106 valence electrons. The Labute approximate surface area is 125 Å². The van der Waals surface area contributed by atoms with Gasteiger partial charge < -0.3 is 9.73 Å². The summed E-state index contributed by atoms with van der Waals surface area (Å²) in [6, 6.07) is 11.3. The fourth-order valence-electron chi connectivity index (χ4n) is 2.13. The molecule has 3 aromatic heterocycles. The Hall–Kier alpha value is -3.28. The molecule has 4 rings (SSSR count). The molecule has 4 aromatic rings. The summed E-state index contributed by atoms with van der Waals surface area (Å²) in [6.07, 6.45) is 6.63. The van der Waals surface area contributed by atoms with Crippen molar-refractivity contribution in [3.05, 3.63) is 61.3 Å². The summed E-state index contributed by atoms with van der Waals surface area (Å²) in [7, 11) is 0. The van der Waals surface area contributed by atoms with Crippen molar-refractivity contribution in [3.8, 4) is 11.5 Å². The van der Waals surface area contributed by atoms with Crippen molar-refractivity contribution in [1.82, 2.24) is 19.9 Å². The van der Waals surface area contributed by atoms with Crippen molar-refractivity contribution in [2.24, 2.45) is 0 Å². The number of benzene rings is 1. The van der Waals surface area contributed by atoms with Crippen LogP contribution in [-0.2, 0) is 0 Å². The van der Waals surface area contributed by atoms with E-state index < -0.39 is 0 Å². The van der Waals surface area contributed by atoms with E-state index in [1.165, 1.54) is 6.33 Å². The Morgan fingerprint density at radius 1 is 1.00 bits per heavy atom. The Balaban J connectivity index is 1.69. The number of aromatic nitrogens is 4. The summed E-state index contributed by atoms with van der Waals surface area (Å²) in [5.41, 5.74) is 3.24. The fraction of sp³-hybridized carbons (Fsp3) is 0. The lowest BCUT2D eigenvalue weighted by molar-refractivity contribution is 0.619. The zero-order chi connectivity index (χ0) is 14.8. The van der Waals surface area contributed by atoms with E-state index in [-0.39, 0.29) is 0 Å². The molecule has 0 saturated carbocycles. The minimum Gasteiger partial charge on any atom is -0.436 e. The third kappa shape index (κ3) is 2.37. The molecule has 0 amide bonds.